The molecule has 27 heavy (non-hydrogen) atoms. The number of amides is 1. The highest BCUT2D eigenvalue weighted by Gasteiger charge is 2.30. The van der Waals surface area contributed by atoms with E-state index < -0.39 is 0 Å². The van der Waals surface area contributed by atoms with Gasteiger partial charge in [-0.2, -0.15) is 0 Å². The van der Waals surface area contributed by atoms with Gasteiger partial charge in [0.25, 0.3) is 5.56 Å². The van der Waals surface area contributed by atoms with Crippen molar-refractivity contribution in [2.24, 2.45) is 13.0 Å². The molecule has 2 aliphatic rings. The molecule has 0 bridgehead atoms. The third-order valence-corrected chi connectivity index (χ3v) is 6.03. The average molecular weight is 368 g/mol. The standard InChI is InChI=1S/C21H28N4O2/c1-23-18-9-5-4-8-17(18)22-19(21(23)27)24-14-10-16(11-15-24)20(26)25-12-6-2-3-7-13-25/h4-5,8-9,16H,2-3,6-7,10-15H2,1H3. The van der Waals surface area contributed by atoms with Gasteiger partial charge in [-0.15, -0.1) is 0 Å². The summed E-state index contributed by atoms with van der Waals surface area (Å²) in [6.45, 7) is 3.24. The van der Waals surface area contributed by atoms with Gasteiger partial charge in [-0.25, -0.2) is 4.98 Å². The quantitative estimate of drug-likeness (QED) is 0.817. The first-order chi connectivity index (χ1) is 13.1. The number of aromatic nitrogens is 2. The second kappa shape index (κ2) is 7.71. The fraction of sp³-hybridized carbons (Fsp3) is 0.571. The van der Waals surface area contributed by atoms with Gasteiger partial charge in [0.1, 0.15) is 0 Å². The van der Waals surface area contributed by atoms with Gasteiger partial charge in [0.2, 0.25) is 5.91 Å². The van der Waals surface area contributed by atoms with Crippen LogP contribution in [0.15, 0.2) is 29.1 Å². The lowest BCUT2D eigenvalue weighted by atomic mass is 9.95. The van der Waals surface area contributed by atoms with Crippen LogP contribution in [-0.4, -0.2) is 46.5 Å². The molecule has 3 heterocycles. The molecule has 0 aliphatic carbocycles. The Bertz CT molecular complexity index is 875. The van der Waals surface area contributed by atoms with E-state index in [4.69, 9.17) is 0 Å². The molecule has 6 nitrogen and oxygen atoms in total. The number of para-hydroxylation sites is 2. The number of likely N-dealkylation sites (tertiary alicyclic amines) is 1. The Hall–Kier alpha value is -2.37. The monoisotopic (exact) mass is 368 g/mol. The van der Waals surface area contributed by atoms with Crippen molar-refractivity contribution in [2.45, 2.75) is 38.5 Å². The van der Waals surface area contributed by atoms with Crippen molar-refractivity contribution >= 4 is 22.8 Å². The normalized spacial score (nSPS) is 19.3. The van der Waals surface area contributed by atoms with Gasteiger partial charge in [0.15, 0.2) is 5.82 Å². The highest BCUT2D eigenvalue weighted by Crippen LogP contribution is 2.24. The maximum absolute atomic E-state index is 12.9. The van der Waals surface area contributed by atoms with Crippen molar-refractivity contribution in [1.82, 2.24) is 14.5 Å². The number of aryl methyl sites for hydroxylation is 1. The van der Waals surface area contributed by atoms with Crippen LogP contribution in [-0.2, 0) is 11.8 Å². The summed E-state index contributed by atoms with van der Waals surface area (Å²) in [6.07, 6.45) is 6.32. The molecule has 0 radical (unpaired) electrons. The molecule has 6 heteroatoms. The summed E-state index contributed by atoms with van der Waals surface area (Å²) in [5.74, 6) is 0.913. The van der Waals surface area contributed by atoms with Crippen LogP contribution in [0.5, 0.6) is 0 Å². The Balaban J connectivity index is 1.48. The zero-order chi connectivity index (χ0) is 18.8. The maximum Gasteiger partial charge on any atom is 0.293 e. The van der Waals surface area contributed by atoms with E-state index in [9.17, 15) is 9.59 Å². The molecule has 2 saturated heterocycles. The summed E-state index contributed by atoms with van der Waals surface area (Å²) >= 11 is 0. The van der Waals surface area contributed by atoms with Crippen LogP contribution in [0.1, 0.15) is 38.5 Å². The summed E-state index contributed by atoms with van der Waals surface area (Å²) in [4.78, 5) is 34.4. The van der Waals surface area contributed by atoms with Crippen LogP contribution in [0.25, 0.3) is 11.0 Å². The van der Waals surface area contributed by atoms with Gasteiger partial charge in [-0.1, -0.05) is 25.0 Å². The molecule has 0 unspecified atom stereocenters. The minimum atomic E-state index is -0.0639. The molecule has 0 spiro atoms. The summed E-state index contributed by atoms with van der Waals surface area (Å²) in [6, 6.07) is 7.71. The van der Waals surface area contributed by atoms with E-state index in [1.54, 1.807) is 11.6 Å². The van der Waals surface area contributed by atoms with Crippen LogP contribution in [0.2, 0.25) is 0 Å². The number of carbonyl (C=O) groups is 1. The van der Waals surface area contributed by atoms with Crippen molar-refractivity contribution in [3.63, 3.8) is 0 Å². The maximum atomic E-state index is 12.9. The highest BCUT2D eigenvalue weighted by molar-refractivity contribution is 5.79. The molecule has 2 aromatic rings. The van der Waals surface area contributed by atoms with Gasteiger partial charge in [-0.3, -0.25) is 9.59 Å². The SMILES string of the molecule is Cn1c(=O)c(N2CCC(C(=O)N3CCCCCC3)CC2)nc2ccccc21. The van der Waals surface area contributed by atoms with E-state index >= 15 is 0 Å². The van der Waals surface area contributed by atoms with Crippen molar-refractivity contribution in [1.29, 1.82) is 0 Å². The fourth-order valence-electron chi connectivity index (χ4n) is 4.36. The molecule has 0 atom stereocenters. The summed E-state index contributed by atoms with van der Waals surface area (Å²) < 4.78 is 1.67. The number of benzene rings is 1. The predicted molar refractivity (Wildman–Crippen MR) is 107 cm³/mol. The number of carbonyl (C=O) groups excluding carboxylic acids is 1. The first kappa shape index (κ1) is 18.0. The number of fused-ring (bicyclic) bond motifs is 1. The average Bonchev–Trinajstić information content (AvgIpc) is 3.00. The minimum Gasteiger partial charge on any atom is -0.352 e. The number of hydrogen-bond acceptors (Lipinski definition) is 4. The topological polar surface area (TPSA) is 58.4 Å². The Morgan fingerprint density at radius 1 is 1.00 bits per heavy atom. The van der Waals surface area contributed by atoms with Crippen LogP contribution in [0.4, 0.5) is 5.82 Å². The van der Waals surface area contributed by atoms with E-state index in [2.05, 4.69) is 14.8 Å². The van der Waals surface area contributed by atoms with Gasteiger partial charge < -0.3 is 14.4 Å². The van der Waals surface area contributed by atoms with Crippen LogP contribution >= 0.6 is 0 Å². The lowest BCUT2D eigenvalue weighted by Crippen LogP contribution is -2.44. The number of anilines is 1. The van der Waals surface area contributed by atoms with Gasteiger partial charge in [-0.05, 0) is 37.8 Å². The summed E-state index contributed by atoms with van der Waals surface area (Å²) in [5, 5.41) is 0. The molecule has 1 aromatic carbocycles. The van der Waals surface area contributed by atoms with Gasteiger partial charge in [0, 0.05) is 39.1 Å². The second-order valence-corrected chi connectivity index (χ2v) is 7.79. The minimum absolute atomic E-state index is 0.0639. The Kier molecular flexibility index (Phi) is 5.14. The molecule has 1 aromatic heterocycles. The van der Waals surface area contributed by atoms with E-state index in [0.29, 0.717) is 24.8 Å². The first-order valence-corrected chi connectivity index (χ1v) is 10.1. The van der Waals surface area contributed by atoms with E-state index in [0.717, 1.165) is 49.8 Å². The fourth-order valence-corrected chi connectivity index (χ4v) is 4.36. The number of hydrogen-bond donors (Lipinski definition) is 0. The highest BCUT2D eigenvalue weighted by atomic mass is 16.2. The molecule has 2 aliphatic heterocycles. The van der Waals surface area contributed by atoms with Crippen molar-refractivity contribution in [3.8, 4) is 0 Å². The largest absolute Gasteiger partial charge is 0.352 e. The molecular weight excluding hydrogens is 340 g/mol. The predicted octanol–water partition coefficient (Wildman–Crippen LogP) is 2.55. The molecular formula is C21H28N4O2. The second-order valence-electron chi connectivity index (χ2n) is 7.79. The Morgan fingerprint density at radius 2 is 1.67 bits per heavy atom. The lowest BCUT2D eigenvalue weighted by molar-refractivity contribution is -0.136. The zero-order valence-electron chi connectivity index (χ0n) is 16.1. The molecule has 2 fully saturated rings. The molecule has 4 rings (SSSR count). The van der Waals surface area contributed by atoms with Gasteiger partial charge >= 0.3 is 0 Å². The summed E-state index contributed by atoms with van der Waals surface area (Å²) in [5.41, 5.74) is 1.61. The van der Waals surface area contributed by atoms with Gasteiger partial charge in [0.05, 0.1) is 11.0 Å². The Morgan fingerprint density at radius 3 is 2.37 bits per heavy atom. The number of rotatable bonds is 2. The van der Waals surface area contributed by atoms with Crippen LogP contribution in [0, 0.1) is 5.92 Å². The summed E-state index contributed by atoms with van der Waals surface area (Å²) in [7, 11) is 1.80. The zero-order valence-corrected chi connectivity index (χ0v) is 16.1. The number of piperidine rings is 1. The number of nitrogens with zero attached hydrogens (tertiary/aromatic N) is 4. The lowest BCUT2D eigenvalue weighted by Gasteiger charge is -2.34. The molecule has 144 valence electrons. The third-order valence-electron chi connectivity index (χ3n) is 6.03. The molecule has 0 saturated carbocycles. The van der Waals surface area contributed by atoms with E-state index in [-0.39, 0.29) is 11.5 Å². The van der Waals surface area contributed by atoms with E-state index in [1.807, 2.05) is 24.3 Å². The van der Waals surface area contributed by atoms with E-state index in [1.165, 1.54) is 12.8 Å². The van der Waals surface area contributed by atoms with Crippen LogP contribution in [0.3, 0.4) is 0 Å². The molecule has 1 amide bonds. The smallest absolute Gasteiger partial charge is 0.293 e. The van der Waals surface area contributed by atoms with Crippen molar-refractivity contribution in [3.05, 3.63) is 34.6 Å². The first-order valence-electron chi connectivity index (χ1n) is 10.1. The molecule has 0 N–H and O–H groups in total. The third kappa shape index (κ3) is 3.57. The van der Waals surface area contributed by atoms with Crippen molar-refractivity contribution in [2.75, 3.05) is 31.1 Å². The van der Waals surface area contributed by atoms with Crippen LogP contribution < -0.4 is 10.5 Å². The van der Waals surface area contributed by atoms with Crippen molar-refractivity contribution < 1.29 is 4.79 Å². The Labute approximate surface area is 159 Å².